The highest BCUT2D eigenvalue weighted by molar-refractivity contribution is 6.11. The van der Waals surface area contributed by atoms with E-state index in [0.717, 1.165) is 5.39 Å². The molecule has 0 unspecified atom stereocenters. The van der Waals surface area contributed by atoms with Crippen LogP contribution in [0.1, 0.15) is 10.5 Å². The molecule has 2 aromatic carbocycles. The second-order valence-corrected chi connectivity index (χ2v) is 5.81. The molecule has 2 aromatic heterocycles. The van der Waals surface area contributed by atoms with E-state index in [1.165, 1.54) is 22.9 Å². The van der Waals surface area contributed by atoms with Crippen molar-refractivity contribution in [2.24, 2.45) is 12.8 Å². The number of ether oxygens (including phenoxy) is 1. The Morgan fingerprint density at radius 2 is 2.07 bits per heavy atom. The van der Waals surface area contributed by atoms with E-state index in [-0.39, 0.29) is 23.1 Å². The first-order valence-corrected chi connectivity index (χ1v) is 7.85. The fourth-order valence-corrected chi connectivity index (χ4v) is 2.86. The highest BCUT2D eigenvalue weighted by Crippen LogP contribution is 2.28. The Bertz CT molecular complexity index is 1190. The molecule has 4 aromatic rings. The predicted octanol–water partition coefficient (Wildman–Crippen LogP) is 0.920. The van der Waals surface area contributed by atoms with E-state index in [0.29, 0.717) is 16.4 Å². The summed E-state index contributed by atoms with van der Waals surface area (Å²) >= 11 is 0. The number of quaternary nitrogens is 1. The van der Waals surface area contributed by atoms with Crippen LogP contribution >= 0.6 is 0 Å². The highest BCUT2D eigenvalue weighted by Gasteiger charge is 2.17. The van der Waals surface area contributed by atoms with E-state index >= 15 is 0 Å². The van der Waals surface area contributed by atoms with Crippen molar-refractivity contribution < 1.29 is 14.8 Å². The number of carbonyl (C=O) groups excluding carboxylic acids is 1. The maximum atomic E-state index is 11.6. The third-order valence-corrected chi connectivity index (χ3v) is 4.04. The van der Waals surface area contributed by atoms with Crippen LogP contribution < -0.4 is 15.7 Å². The largest absolute Gasteiger partial charge is 0.628 e. The summed E-state index contributed by atoms with van der Waals surface area (Å²) < 4.78 is 7.10. The zero-order chi connectivity index (χ0) is 19.1. The van der Waals surface area contributed by atoms with Crippen LogP contribution in [-0.2, 0) is 7.05 Å². The van der Waals surface area contributed by atoms with Crippen LogP contribution in [0.25, 0.3) is 21.8 Å². The molecule has 136 valence electrons. The number of nitrogens with two attached hydrogens (primary N) is 1. The van der Waals surface area contributed by atoms with Gasteiger partial charge in [-0.05, 0) is 18.2 Å². The van der Waals surface area contributed by atoms with E-state index in [1.807, 2.05) is 0 Å². The van der Waals surface area contributed by atoms with E-state index in [4.69, 9.17) is 10.5 Å². The molecule has 27 heavy (non-hydrogen) atoms. The Morgan fingerprint density at radius 1 is 1.26 bits per heavy atom. The smallest absolute Gasteiger partial charge is 0.322 e. The molecule has 0 aliphatic rings. The van der Waals surface area contributed by atoms with Gasteiger partial charge in [0.2, 0.25) is 0 Å². The summed E-state index contributed by atoms with van der Waals surface area (Å²) in [5, 5.41) is 26.1. The van der Waals surface area contributed by atoms with E-state index in [9.17, 15) is 15.2 Å². The Hall–Kier alpha value is -3.60. The summed E-state index contributed by atoms with van der Waals surface area (Å²) in [5.41, 5.74) is 6.65. The maximum Gasteiger partial charge on any atom is 0.322 e. The van der Waals surface area contributed by atoms with E-state index in [2.05, 4.69) is 15.1 Å². The van der Waals surface area contributed by atoms with Gasteiger partial charge in [-0.3, -0.25) is 9.48 Å². The normalized spacial score (nSPS) is 11.4. The Kier molecular flexibility index (Phi) is 3.92. The molecule has 0 atom stereocenters. The molecule has 4 rings (SSSR count). The summed E-state index contributed by atoms with van der Waals surface area (Å²) in [5.74, 6) is -0.379. The van der Waals surface area contributed by atoms with Gasteiger partial charge in [-0.1, -0.05) is 12.1 Å². The molecule has 10 heteroatoms. The molecule has 0 bridgehead atoms. The van der Waals surface area contributed by atoms with Crippen molar-refractivity contribution in [3.8, 4) is 11.8 Å². The van der Waals surface area contributed by atoms with Gasteiger partial charge in [-0.25, -0.2) is 4.98 Å². The number of rotatable bonds is 4. The molecule has 3 N–H and O–H groups in total. The van der Waals surface area contributed by atoms with Gasteiger partial charge in [-0.2, -0.15) is 10.1 Å². The van der Waals surface area contributed by atoms with Crippen molar-refractivity contribution in [2.75, 3.05) is 0 Å². The zero-order valence-corrected chi connectivity index (χ0v) is 14.0. The second kappa shape index (κ2) is 6.29. The summed E-state index contributed by atoms with van der Waals surface area (Å²) in [6.45, 7) is 0. The van der Waals surface area contributed by atoms with Crippen LogP contribution in [0.15, 0.2) is 42.6 Å². The molecule has 1 amide bonds. The zero-order valence-electron chi connectivity index (χ0n) is 14.0. The lowest BCUT2D eigenvalue weighted by Gasteiger charge is -2.24. The first-order valence-electron chi connectivity index (χ1n) is 7.85. The average Bonchev–Trinajstić information content (AvgIpc) is 2.99. The van der Waals surface area contributed by atoms with Gasteiger partial charge in [0.25, 0.3) is 5.91 Å². The van der Waals surface area contributed by atoms with Crippen molar-refractivity contribution in [1.82, 2.24) is 19.7 Å². The number of aromatic nitrogens is 4. The number of aryl methyl sites for hydroxylation is 1. The first-order chi connectivity index (χ1) is 12.9. The van der Waals surface area contributed by atoms with Crippen LogP contribution in [0.2, 0.25) is 0 Å². The summed E-state index contributed by atoms with van der Waals surface area (Å²) in [7, 11) is 1.68. The van der Waals surface area contributed by atoms with E-state index < -0.39 is 11.1 Å². The standard InChI is InChI=1S/C17H13N6O4/c1-22-15-12(14(21-22)16(18)24)6-5-9-8-19-17(20-13(9)15)27-11-4-2-3-10(7-11)23(25)26/h2-8,23H,1H3,(H2,18,24)/q-1. The third kappa shape index (κ3) is 2.93. The monoisotopic (exact) mass is 365 g/mol. The third-order valence-electron chi connectivity index (χ3n) is 4.04. The van der Waals surface area contributed by atoms with Crippen molar-refractivity contribution >= 4 is 33.4 Å². The minimum atomic E-state index is -1.31. The van der Waals surface area contributed by atoms with Crippen LogP contribution in [0.3, 0.4) is 0 Å². The number of benzene rings is 2. The highest BCUT2D eigenvalue weighted by atomic mass is 16.8. The van der Waals surface area contributed by atoms with Crippen LogP contribution in [0, 0.1) is 10.4 Å². The first kappa shape index (κ1) is 16.8. The fourth-order valence-electron chi connectivity index (χ4n) is 2.86. The lowest BCUT2D eigenvalue weighted by Crippen LogP contribution is -2.96. The average molecular weight is 365 g/mol. The van der Waals surface area contributed by atoms with Gasteiger partial charge in [0.15, 0.2) is 5.69 Å². The van der Waals surface area contributed by atoms with Gasteiger partial charge < -0.3 is 26.1 Å². The van der Waals surface area contributed by atoms with Crippen LogP contribution in [0.4, 0.5) is 5.69 Å². The Labute approximate surface area is 151 Å². The lowest BCUT2D eigenvalue weighted by atomic mass is 10.1. The molecule has 0 aliphatic heterocycles. The topological polar surface area (TPSA) is 146 Å². The number of nitrogens with one attached hydrogen (secondary N) is 1. The molecule has 10 nitrogen and oxygen atoms in total. The number of hydrogen-bond donors (Lipinski definition) is 2. The number of primary amides is 1. The van der Waals surface area contributed by atoms with Gasteiger partial charge in [0.05, 0.1) is 5.52 Å². The number of amides is 1. The van der Waals surface area contributed by atoms with Crippen molar-refractivity contribution in [1.29, 1.82) is 0 Å². The maximum absolute atomic E-state index is 11.6. The van der Waals surface area contributed by atoms with Crippen LogP contribution in [-0.4, -0.2) is 25.7 Å². The molecule has 0 radical (unpaired) electrons. The number of nitrogens with zero attached hydrogens (tertiary/aromatic N) is 4. The van der Waals surface area contributed by atoms with E-state index in [1.54, 1.807) is 31.4 Å². The molecule has 0 saturated carbocycles. The SMILES string of the molecule is Cn1nc(C(N)=O)c2ccc3cnc(Oc4cccc([NH+]([O-])[O-])c4)nc3c21. The van der Waals surface area contributed by atoms with Crippen LogP contribution in [0.5, 0.6) is 11.8 Å². The van der Waals surface area contributed by atoms with Crippen molar-refractivity contribution in [3.05, 3.63) is 58.7 Å². The van der Waals surface area contributed by atoms with Crippen molar-refractivity contribution in [2.45, 2.75) is 0 Å². The second-order valence-electron chi connectivity index (χ2n) is 5.81. The lowest BCUT2D eigenvalue weighted by molar-refractivity contribution is -0.715. The molecular formula is C17H13N6O4-. The summed E-state index contributed by atoms with van der Waals surface area (Å²) in [6, 6.07) is 9.33. The molecule has 0 aliphatic carbocycles. The van der Waals surface area contributed by atoms with Crippen molar-refractivity contribution in [3.63, 3.8) is 0 Å². The molecular weight excluding hydrogens is 352 g/mol. The predicted molar refractivity (Wildman–Crippen MR) is 96.2 cm³/mol. The summed E-state index contributed by atoms with van der Waals surface area (Å²) in [6.07, 6.45) is 1.57. The Balaban J connectivity index is 1.83. The molecule has 2 heterocycles. The fraction of sp³-hybridized carbons (Fsp3) is 0.0588. The number of hydrogen-bond acceptors (Lipinski definition) is 7. The molecule has 0 saturated heterocycles. The van der Waals surface area contributed by atoms with Gasteiger partial charge >= 0.3 is 6.01 Å². The quantitative estimate of drug-likeness (QED) is 0.511. The number of carbonyl (C=O) groups is 1. The Morgan fingerprint density at radius 3 is 2.81 bits per heavy atom. The number of fused-ring (bicyclic) bond motifs is 3. The van der Waals surface area contributed by atoms with Gasteiger partial charge in [0, 0.05) is 30.1 Å². The molecule has 0 spiro atoms. The minimum Gasteiger partial charge on any atom is -0.628 e. The van der Waals surface area contributed by atoms with Gasteiger partial charge in [0.1, 0.15) is 17.0 Å². The van der Waals surface area contributed by atoms with Gasteiger partial charge in [-0.15, -0.1) is 0 Å². The summed E-state index contributed by atoms with van der Waals surface area (Å²) in [4.78, 5) is 20.1. The minimum absolute atomic E-state index is 0.0200. The molecule has 0 fully saturated rings.